The molecule has 116 valence electrons. The highest BCUT2D eigenvalue weighted by molar-refractivity contribution is 7.87. The van der Waals surface area contributed by atoms with Crippen LogP contribution in [-0.2, 0) is 10.1 Å². The monoisotopic (exact) mass is 359 g/mol. The van der Waals surface area contributed by atoms with Gasteiger partial charge in [0.1, 0.15) is 4.90 Å². The third-order valence-corrected chi connectivity index (χ3v) is 4.47. The predicted molar refractivity (Wildman–Crippen MR) is 84.8 cm³/mol. The summed E-state index contributed by atoms with van der Waals surface area (Å²) in [6.07, 6.45) is 0.984. The van der Waals surface area contributed by atoms with Gasteiger partial charge >= 0.3 is 10.1 Å². The van der Waals surface area contributed by atoms with E-state index in [9.17, 15) is 8.42 Å². The minimum atomic E-state index is -4.08. The fourth-order valence-corrected chi connectivity index (χ4v) is 3.25. The van der Waals surface area contributed by atoms with Crippen LogP contribution in [0.3, 0.4) is 0 Å². The van der Waals surface area contributed by atoms with Gasteiger partial charge in [0.2, 0.25) is 0 Å². The van der Waals surface area contributed by atoms with Gasteiger partial charge in [0.15, 0.2) is 5.75 Å². The molecule has 22 heavy (non-hydrogen) atoms. The van der Waals surface area contributed by atoms with Crippen LogP contribution in [0.4, 0.5) is 0 Å². The molecule has 0 amide bonds. The van der Waals surface area contributed by atoms with Crippen LogP contribution in [0.25, 0.3) is 0 Å². The molecule has 0 aliphatic carbocycles. The number of hydrogen-bond acceptors (Lipinski definition) is 5. The van der Waals surface area contributed by atoms with E-state index in [2.05, 4.69) is 5.16 Å². The molecule has 2 aromatic carbocycles. The minimum Gasteiger partial charge on any atom is -0.411 e. The molecule has 2 rings (SSSR count). The summed E-state index contributed by atoms with van der Waals surface area (Å²) in [6, 6.07) is 8.85. The van der Waals surface area contributed by atoms with Crippen molar-refractivity contribution in [2.24, 2.45) is 5.16 Å². The molecular formula is C14H11Cl2NO4S. The van der Waals surface area contributed by atoms with Crippen molar-refractivity contribution in [1.29, 1.82) is 0 Å². The van der Waals surface area contributed by atoms with E-state index >= 15 is 0 Å². The number of nitrogens with zero attached hydrogens (tertiary/aromatic N) is 1. The molecule has 0 saturated heterocycles. The predicted octanol–water partition coefficient (Wildman–Crippen LogP) is 3.88. The zero-order valence-corrected chi connectivity index (χ0v) is 13.7. The molecule has 0 aliphatic rings. The number of aryl methyl sites for hydroxylation is 1. The van der Waals surface area contributed by atoms with E-state index in [1.807, 2.05) is 6.92 Å². The van der Waals surface area contributed by atoms with E-state index in [0.29, 0.717) is 0 Å². The van der Waals surface area contributed by atoms with E-state index in [4.69, 9.17) is 32.6 Å². The Morgan fingerprint density at radius 2 is 1.82 bits per heavy atom. The van der Waals surface area contributed by atoms with Gasteiger partial charge in [-0.25, -0.2) is 0 Å². The second-order valence-corrected chi connectivity index (χ2v) is 6.79. The Kier molecular flexibility index (Phi) is 4.95. The van der Waals surface area contributed by atoms with Gasteiger partial charge in [-0.15, -0.1) is 0 Å². The first-order chi connectivity index (χ1) is 10.3. The molecule has 5 nitrogen and oxygen atoms in total. The fraction of sp³-hybridized carbons (Fsp3) is 0.0714. The number of rotatable bonds is 4. The highest BCUT2D eigenvalue weighted by Crippen LogP contribution is 2.33. The van der Waals surface area contributed by atoms with Crippen molar-refractivity contribution < 1.29 is 17.8 Å². The van der Waals surface area contributed by atoms with E-state index in [1.54, 1.807) is 12.1 Å². The molecular weight excluding hydrogens is 349 g/mol. The molecule has 0 atom stereocenters. The Hall–Kier alpha value is -1.76. The van der Waals surface area contributed by atoms with Gasteiger partial charge in [0.25, 0.3) is 0 Å². The smallest absolute Gasteiger partial charge is 0.339 e. The maximum atomic E-state index is 12.3. The molecule has 0 unspecified atom stereocenters. The lowest BCUT2D eigenvalue weighted by Gasteiger charge is -2.11. The Morgan fingerprint density at radius 1 is 1.18 bits per heavy atom. The van der Waals surface area contributed by atoms with Gasteiger partial charge in [0, 0.05) is 10.6 Å². The minimum absolute atomic E-state index is 0.0157. The standard InChI is InChI=1S/C14H11Cl2NO4S/c1-9-2-4-12(5-3-9)22(19,20)21-14-10(8-17-18)6-11(15)7-13(14)16/h2-8,18H,1H3/b17-8-. The molecule has 0 aliphatic heterocycles. The molecule has 0 saturated carbocycles. The first-order valence-corrected chi connectivity index (χ1v) is 8.17. The SMILES string of the molecule is Cc1ccc(S(=O)(=O)Oc2c(Cl)cc(Cl)cc2/C=N\O)cc1. The summed E-state index contributed by atoms with van der Waals surface area (Å²) in [4.78, 5) is -0.0176. The highest BCUT2D eigenvalue weighted by Gasteiger charge is 2.21. The molecule has 0 radical (unpaired) electrons. The van der Waals surface area contributed by atoms with E-state index in [0.717, 1.165) is 11.8 Å². The number of hydrogen-bond donors (Lipinski definition) is 1. The van der Waals surface area contributed by atoms with Crippen LogP contribution in [0.15, 0.2) is 46.4 Å². The molecule has 1 N–H and O–H groups in total. The van der Waals surface area contributed by atoms with Gasteiger partial charge in [-0.1, -0.05) is 46.1 Å². The van der Waals surface area contributed by atoms with Gasteiger partial charge in [-0.05, 0) is 31.2 Å². The Bertz CT molecular complexity index is 817. The lowest BCUT2D eigenvalue weighted by molar-refractivity contribution is 0.321. The van der Waals surface area contributed by atoms with Crippen molar-refractivity contribution in [3.8, 4) is 5.75 Å². The zero-order chi connectivity index (χ0) is 16.3. The van der Waals surface area contributed by atoms with Crippen LogP contribution in [0.5, 0.6) is 5.75 Å². The molecule has 0 bridgehead atoms. The maximum absolute atomic E-state index is 12.3. The van der Waals surface area contributed by atoms with Gasteiger partial charge in [-0.3, -0.25) is 0 Å². The quantitative estimate of drug-likeness (QED) is 0.389. The van der Waals surface area contributed by atoms with Crippen LogP contribution in [-0.4, -0.2) is 19.8 Å². The molecule has 8 heteroatoms. The summed E-state index contributed by atoms with van der Waals surface area (Å²) in [7, 11) is -4.08. The Labute approximate surface area is 137 Å². The van der Waals surface area contributed by atoms with Gasteiger partial charge in [0.05, 0.1) is 11.2 Å². The van der Waals surface area contributed by atoms with Gasteiger partial charge < -0.3 is 9.39 Å². The van der Waals surface area contributed by atoms with Crippen molar-refractivity contribution in [3.05, 3.63) is 57.6 Å². The van der Waals surface area contributed by atoms with E-state index < -0.39 is 10.1 Å². The maximum Gasteiger partial charge on any atom is 0.339 e. The lowest BCUT2D eigenvalue weighted by atomic mass is 10.2. The summed E-state index contributed by atoms with van der Waals surface area (Å²) in [6.45, 7) is 1.84. The summed E-state index contributed by atoms with van der Waals surface area (Å²) in [5.41, 5.74) is 1.05. The van der Waals surface area contributed by atoms with Crippen molar-refractivity contribution >= 4 is 39.5 Å². The van der Waals surface area contributed by atoms with E-state index in [-0.39, 0.29) is 26.3 Å². The Balaban J connectivity index is 2.47. The third-order valence-electron chi connectivity index (χ3n) is 2.74. The van der Waals surface area contributed by atoms with Crippen LogP contribution in [0.2, 0.25) is 10.0 Å². The summed E-state index contributed by atoms with van der Waals surface area (Å²) >= 11 is 11.8. The van der Waals surface area contributed by atoms with Crippen molar-refractivity contribution in [2.75, 3.05) is 0 Å². The van der Waals surface area contributed by atoms with Gasteiger partial charge in [-0.2, -0.15) is 8.42 Å². The second-order valence-electron chi connectivity index (χ2n) is 4.40. The first kappa shape index (κ1) is 16.6. The number of halogens is 2. The van der Waals surface area contributed by atoms with Crippen LogP contribution >= 0.6 is 23.2 Å². The third kappa shape index (κ3) is 3.71. The number of benzene rings is 2. The zero-order valence-electron chi connectivity index (χ0n) is 11.3. The molecule has 0 fully saturated rings. The largest absolute Gasteiger partial charge is 0.411 e. The van der Waals surface area contributed by atoms with Crippen molar-refractivity contribution in [2.45, 2.75) is 11.8 Å². The molecule has 0 spiro atoms. The fourth-order valence-electron chi connectivity index (χ4n) is 1.69. The summed E-state index contributed by atoms with van der Waals surface area (Å²) in [5, 5.41) is 11.7. The van der Waals surface area contributed by atoms with Crippen molar-refractivity contribution in [1.82, 2.24) is 0 Å². The van der Waals surface area contributed by atoms with Crippen LogP contribution in [0, 0.1) is 6.92 Å². The van der Waals surface area contributed by atoms with E-state index in [1.165, 1.54) is 24.3 Å². The van der Waals surface area contributed by atoms with Crippen LogP contribution < -0.4 is 4.18 Å². The summed E-state index contributed by atoms with van der Waals surface area (Å²) in [5.74, 6) is -0.163. The molecule has 2 aromatic rings. The number of oxime groups is 1. The lowest BCUT2D eigenvalue weighted by Crippen LogP contribution is -2.11. The molecule has 0 aromatic heterocycles. The first-order valence-electron chi connectivity index (χ1n) is 6.01. The summed E-state index contributed by atoms with van der Waals surface area (Å²) < 4.78 is 29.6. The topological polar surface area (TPSA) is 76.0 Å². The average molecular weight is 360 g/mol. The average Bonchev–Trinajstić information content (AvgIpc) is 2.43. The molecule has 0 heterocycles. The highest BCUT2D eigenvalue weighted by atomic mass is 35.5. The Morgan fingerprint density at radius 3 is 2.41 bits per heavy atom. The normalized spacial score (nSPS) is 11.8. The van der Waals surface area contributed by atoms with Crippen molar-refractivity contribution in [3.63, 3.8) is 0 Å². The second kappa shape index (κ2) is 6.56. The van der Waals surface area contributed by atoms with Crippen LogP contribution in [0.1, 0.15) is 11.1 Å².